The number of aromatic nitrogens is 1. The number of amides is 4. The summed E-state index contributed by atoms with van der Waals surface area (Å²) in [6.45, 7) is 12.1. The number of sulfonamides is 1. The van der Waals surface area contributed by atoms with Crippen molar-refractivity contribution >= 4 is 44.7 Å². The van der Waals surface area contributed by atoms with Crippen LogP contribution in [0, 0.1) is 23.2 Å². The third kappa shape index (κ3) is 10.6. The van der Waals surface area contributed by atoms with Gasteiger partial charge in [0.05, 0.1) is 29.5 Å². The first-order valence-electron chi connectivity index (χ1n) is 25.1. The Kier molecular flexibility index (Phi) is 13.9. The average molecular weight is 943 g/mol. The van der Waals surface area contributed by atoms with Gasteiger partial charge in [0.25, 0.3) is 5.91 Å². The number of fused-ring (bicyclic) bond motifs is 5. The van der Waals surface area contributed by atoms with Crippen LogP contribution in [0.3, 0.4) is 0 Å². The maximum absolute atomic E-state index is 15.1. The highest BCUT2D eigenvalue weighted by Crippen LogP contribution is 2.46. The van der Waals surface area contributed by atoms with E-state index in [1.807, 2.05) is 24.3 Å². The van der Waals surface area contributed by atoms with E-state index >= 15 is 4.79 Å². The quantitative estimate of drug-likeness (QED) is 0.156. The first-order chi connectivity index (χ1) is 32.2. The van der Waals surface area contributed by atoms with Gasteiger partial charge in [-0.2, -0.15) is 0 Å². The van der Waals surface area contributed by atoms with Crippen LogP contribution in [0.2, 0.25) is 0 Å². The molecule has 0 spiro atoms. The van der Waals surface area contributed by atoms with Gasteiger partial charge in [-0.05, 0) is 126 Å². The van der Waals surface area contributed by atoms with E-state index in [0.717, 1.165) is 94.8 Å². The first kappa shape index (κ1) is 47.4. The fraction of sp³-hybridized carbons (Fsp3) is 0.667. The highest BCUT2D eigenvalue weighted by Gasteiger charge is 2.62. The number of ether oxygens (including phenoxy) is 3. The SMILES string of the molecule is C=C[C@@H]1C[C@]1(NC(=O)[C@@H]1C[C@@H]2CN1C(=O)[C@H](C1CCCC1)NC(=O)O[C@@H]1CCC[C@H]1CC/C=C/Cc1c(nc3ccccc3c1OCCCN1CCCC(C)(C)C1)O2)C(=O)NS(=O)(=O)C1CC1. The first-order valence-corrected chi connectivity index (χ1v) is 26.6. The van der Waals surface area contributed by atoms with E-state index in [9.17, 15) is 22.8 Å². The Labute approximate surface area is 395 Å². The van der Waals surface area contributed by atoms with E-state index < -0.39 is 68.7 Å². The summed E-state index contributed by atoms with van der Waals surface area (Å²) in [5, 5.41) is 6.12. The van der Waals surface area contributed by atoms with Crippen molar-refractivity contribution in [2.45, 2.75) is 158 Å². The standard InChI is InChI=1S/C51H70N6O9S/c1-4-35-30-51(35,48(60)55-67(62,63)37-23-24-37)54-45(58)41-29-36-31-57(41)47(59)43(34-16-8-9-17-34)53-49(61)66-42-22-12-18-33(42)15-6-5-7-20-39-44(38-19-10-11-21-40(38)52-46(39)65-36)64-28-14-27-56-26-13-25-50(2,3)32-56/h4-5,7,10-11,19,21,33-37,41-43H,1,6,8-9,12-18,20,22-32H2,2-3H3,(H,53,61)(H,54,58)(H,55,60)/b7-5+/t33-,35-,36-,41+,42-,43+,51-/m1/s1. The van der Waals surface area contributed by atoms with Gasteiger partial charge in [-0.25, -0.2) is 18.2 Å². The molecule has 7 aliphatic rings. The van der Waals surface area contributed by atoms with Crippen molar-refractivity contribution in [1.82, 2.24) is 30.1 Å². The van der Waals surface area contributed by atoms with Crippen molar-refractivity contribution < 1.29 is 41.8 Å². The van der Waals surface area contributed by atoms with E-state index in [-0.39, 0.29) is 37.3 Å². The molecule has 6 fully saturated rings. The van der Waals surface area contributed by atoms with Gasteiger partial charge in [0, 0.05) is 30.8 Å². The minimum atomic E-state index is -3.92. The summed E-state index contributed by atoms with van der Waals surface area (Å²) in [5.74, 6) is -1.32. The van der Waals surface area contributed by atoms with Crippen molar-refractivity contribution in [3.05, 3.63) is 54.6 Å². The van der Waals surface area contributed by atoms with Crippen molar-refractivity contribution in [1.29, 1.82) is 0 Å². The predicted octanol–water partition coefficient (Wildman–Crippen LogP) is 6.49. The molecule has 4 saturated carbocycles. The number of hydrogen-bond donors (Lipinski definition) is 3. The molecule has 4 heterocycles. The van der Waals surface area contributed by atoms with Crippen LogP contribution in [0.5, 0.6) is 11.6 Å². The molecular formula is C51H70N6O9S. The van der Waals surface area contributed by atoms with E-state index in [1.165, 1.54) is 17.7 Å². The van der Waals surface area contributed by atoms with Crippen LogP contribution in [0.4, 0.5) is 4.79 Å². The molecule has 364 valence electrons. The Morgan fingerprint density at radius 2 is 1.79 bits per heavy atom. The predicted molar refractivity (Wildman–Crippen MR) is 254 cm³/mol. The van der Waals surface area contributed by atoms with Gasteiger partial charge < -0.3 is 34.6 Å². The zero-order valence-electron chi connectivity index (χ0n) is 39.3. The van der Waals surface area contributed by atoms with Crippen molar-refractivity contribution in [2.24, 2.45) is 23.2 Å². The van der Waals surface area contributed by atoms with Crippen molar-refractivity contribution in [3.8, 4) is 11.6 Å². The lowest BCUT2D eigenvalue weighted by atomic mass is 9.84. The van der Waals surface area contributed by atoms with E-state index in [2.05, 4.69) is 52.8 Å². The van der Waals surface area contributed by atoms with E-state index in [0.29, 0.717) is 48.4 Å². The molecule has 9 rings (SSSR count). The number of pyridine rings is 1. The largest absolute Gasteiger partial charge is 0.492 e. The highest BCUT2D eigenvalue weighted by atomic mass is 32.2. The van der Waals surface area contributed by atoms with Gasteiger partial charge in [-0.15, -0.1) is 6.58 Å². The Balaban J connectivity index is 1.05. The number of allylic oxidation sites excluding steroid dienone is 2. The molecule has 1 aromatic heterocycles. The Hall–Kier alpha value is -4.70. The highest BCUT2D eigenvalue weighted by molar-refractivity contribution is 7.91. The fourth-order valence-corrected chi connectivity index (χ4v) is 13.0. The third-order valence-electron chi connectivity index (χ3n) is 15.6. The molecule has 2 saturated heterocycles. The van der Waals surface area contributed by atoms with Crippen LogP contribution in [-0.4, -0.2) is 115 Å². The summed E-state index contributed by atoms with van der Waals surface area (Å²) in [7, 11) is -3.92. The normalized spacial score (nSPS) is 31.0. The lowest BCUT2D eigenvalue weighted by Crippen LogP contribution is -2.59. The van der Waals surface area contributed by atoms with Crippen molar-refractivity contribution in [2.75, 3.05) is 32.8 Å². The van der Waals surface area contributed by atoms with Gasteiger partial charge in [-0.1, -0.05) is 57.0 Å². The molecule has 15 nitrogen and oxygen atoms in total. The molecule has 3 aliphatic heterocycles. The maximum Gasteiger partial charge on any atom is 0.408 e. The Bertz CT molecular complexity index is 2350. The van der Waals surface area contributed by atoms with Crippen LogP contribution >= 0.6 is 0 Å². The molecule has 67 heavy (non-hydrogen) atoms. The van der Waals surface area contributed by atoms with Crippen LogP contribution in [-0.2, 0) is 35.6 Å². The summed E-state index contributed by atoms with van der Waals surface area (Å²) >= 11 is 0. The molecule has 3 N–H and O–H groups in total. The second-order valence-corrected chi connectivity index (χ2v) is 23.2. The smallest absolute Gasteiger partial charge is 0.408 e. The van der Waals surface area contributed by atoms with Crippen LogP contribution in [0.15, 0.2) is 49.1 Å². The number of piperidine rings is 1. The number of likely N-dealkylation sites (tertiary alicyclic amines) is 1. The molecule has 2 aromatic rings. The lowest BCUT2D eigenvalue weighted by Gasteiger charge is -2.38. The Morgan fingerprint density at radius 3 is 2.55 bits per heavy atom. The van der Waals surface area contributed by atoms with Gasteiger partial charge in [-0.3, -0.25) is 19.1 Å². The molecule has 4 aliphatic carbocycles. The van der Waals surface area contributed by atoms with Crippen molar-refractivity contribution in [3.63, 3.8) is 0 Å². The van der Waals surface area contributed by atoms with Crippen LogP contribution in [0.1, 0.15) is 122 Å². The topological polar surface area (TPSA) is 186 Å². The monoisotopic (exact) mass is 942 g/mol. The molecule has 1 aromatic carbocycles. The molecule has 2 bridgehead atoms. The number of hydrogen-bond acceptors (Lipinski definition) is 11. The second kappa shape index (κ2) is 19.7. The summed E-state index contributed by atoms with van der Waals surface area (Å²) in [6.07, 6.45) is 16.6. The van der Waals surface area contributed by atoms with E-state index in [1.54, 1.807) is 6.08 Å². The number of alkyl carbamates (subject to hydrolysis) is 1. The molecule has 7 atom stereocenters. The third-order valence-corrected chi connectivity index (χ3v) is 17.4. The number of benzene rings is 1. The summed E-state index contributed by atoms with van der Waals surface area (Å²) in [5.41, 5.74) is 0.204. The number of carbonyl (C=O) groups is 4. The van der Waals surface area contributed by atoms with E-state index in [4.69, 9.17) is 19.2 Å². The minimum absolute atomic E-state index is 0.00608. The number of nitrogens with one attached hydrogen (secondary N) is 3. The number of carbonyl (C=O) groups excluding carboxylic acids is 4. The number of rotatable bonds is 12. The van der Waals surface area contributed by atoms with Gasteiger partial charge in [0.2, 0.25) is 27.7 Å². The summed E-state index contributed by atoms with van der Waals surface area (Å²) < 4.78 is 47.9. The fourth-order valence-electron chi connectivity index (χ4n) is 11.7. The van der Waals surface area contributed by atoms with Gasteiger partial charge in [0.15, 0.2) is 0 Å². The molecule has 16 heteroatoms. The van der Waals surface area contributed by atoms with Crippen LogP contribution in [0.25, 0.3) is 10.9 Å². The number of nitrogens with zero attached hydrogens (tertiary/aromatic N) is 3. The lowest BCUT2D eigenvalue weighted by molar-refractivity contribution is -0.142. The van der Waals surface area contributed by atoms with Gasteiger partial charge in [0.1, 0.15) is 35.6 Å². The molecule has 0 unspecified atom stereocenters. The zero-order valence-corrected chi connectivity index (χ0v) is 40.2. The average Bonchev–Trinajstić information content (AvgIpc) is 4.08. The maximum atomic E-state index is 15.1. The van der Waals surface area contributed by atoms with Gasteiger partial charge >= 0.3 is 6.09 Å². The number of para-hydroxylation sites is 1. The molecule has 0 radical (unpaired) electrons. The molecular weight excluding hydrogens is 873 g/mol. The second-order valence-electron chi connectivity index (χ2n) is 21.2. The summed E-state index contributed by atoms with van der Waals surface area (Å²) in [4.78, 5) is 66.6. The van der Waals surface area contributed by atoms with Crippen LogP contribution < -0.4 is 24.8 Å². The molecule has 4 amide bonds. The Morgan fingerprint density at radius 1 is 1.00 bits per heavy atom. The summed E-state index contributed by atoms with van der Waals surface area (Å²) in [6, 6.07) is 5.76. The minimum Gasteiger partial charge on any atom is -0.492 e. The zero-order chi connectivity index (χ0) is 46.9.